The lowest BCUT2D eigenvalue weighted by Gasteiger charge is -2.25. The highest BCUT2D eigenvalue weighted by Crippen LogP contribution is 2.24. The quantitative estimate of drug-likeness (QED) is 0.344. The monoisotopic (exact) mass is 300 g/mol. The van der Waals surface area contributed by atoms with Crippen LogP contribution in [0.5, 0.6) is 0 Å². The molecule has 0 aromatic carbocycles. The van der Waals surface area contributed by atoms with Crippen molar-refractivity contribution in [3.05, 3.63) is 12.2 Å². The molecule has 0 unspecified atom stereocenters. The first-order chi connectivity index (χ1) is 9.97. The smallest absolute Gasteiger partial charge is 0.438 e. The molecule has 4 nitrogen and oxygen atoms in total. The summed E-state index contributed by atoms with van der Waals surface area (Å²) in [6.45, 7) is 6.06. The molecule has 1 atom stereocenters. The van der Waals surface area contributed by atoms with E-state index in [1.165, 1.54) is 7.11 Å². The van der Waals surface area contributed by atoms with E-state index in [-0.39, 0.29) is 0 Å². The van der Waals surface area contributed by atoms with Gasteiger partial charge in [-0.2, -0.15) is 0 Å². The summed E-state index contributed by atoms with van der Waals surface area (Å²) in [5, 5.41) is 10.7. The zero-order valence-corrected chi connectivity index (χ0v) is 14.1. The van der Waals surface area contributed by atoms with Gasteiger partial charge in [0.05, 0.1) is 12.7 Å². The van der Waals surface area contributed by atoms with Crippen molar-refractivity contribution in [1.82, 2.24) is 0 Å². The molecule has 0 aromatic heterocycles. The molecule has 21 heavy (non-hydrogen) atoms. The Morgan fingerprint density at radius 3 is 2.10 bits per heavy atom. The molecule has 0 heterocycles. The molecule has 0 saturated carbocycles. The normalized spacial score (nSPS) is 13.4. The number of hydrogen-bond donors (Lipinski definition) is 1. The molecule has 0 aliphatic rings. The van der Waals surface area contributed by atoms with Gasteiger partial charge in [-0.05, 0) is 25.8 Å². The van der Waals surface area contributed by atoms with Crippen LogP contribution >= 0.6 is 0 Å². The van der Waals surface area contributed by atoms with Crippen LogP contribution in [0.1, 0.15) is 72.1 Å². The highest BCUT2D eigenvalue weighted by atomic mass is 16.7. The SMILES string of the molecule is CCCCCC(O)(/C=C/[C@H](C)OC(=O)OC)CCCCC. The molecular weight excluding hydrogens is 268 g/mol. The molecule has 0 aliphatic carbocycles. The summed E-state index contributed by atoms with van der Waals surface area (Å²) in [5.41, 5.74) is -0.794. The Morgan fingerprint density at radius 2 is 1.67 bits per heavy atom. The molecule has 1 N–H and O–H groups in total. The third-order valence-corrected chi connectivity index (χ3v) is 3.55. The molecule has 0 bridgehead atoms. The Morgan fingerprint density at radius 1 is 1.14 bits per heavy atom. The van der Waals surface area contributed by atoms with Crippen molar-refractivity contribution in [2.24, 2.45) is 0 Å². The molecule has 124 valence electrons. The number of aliphatic hydroxyl groups is 1. The molecular formula is C17H32O4. The maximum Gasteiger partial charge on any atom is 0.508 e. The summed E-state index contributed by atoms with van der Waals surface area (Å²) in [4.78, 5) is 11.0. The lowest BCUT2D eigenvalue weighted by atomic mass is 9.89. The van der Waals surface area contributed by atoms with Gasteiger partial charge in [0.15, 0.2) is 0 Å². The highest BCUT2D eigenvalue weighted by Gasteiger charge is 2.22. The molecule has 4 heteroatoms. The summed E-state index contributed by atoms with van der Waals surface area (Å²) in [7, 11) is 1.28. The van der Waals surface area contributed by atoms with E-state index in [1.54, 1.807) is 19.1 Å². The Bertz CT molecular complexity index is 289. The van der Waals surface area contributed by atoms with Crippen LogP contribution in [-0.4, -0.2) is 30.1 Å². The second kappa shape index (κ2) is 11.6. The lowest BCUT2D eigenvalue weighted by Crippen LogP contribution is -2.26. The fourth-order valence-corrected chi connectivity index (χ4v) is 2.21. The van der Waals surface area contributed by atoms with Crippen LogP contribution < -0.4 is 0 Å². The van der Waals surface area contributed by atoms with Gasteiger partial charge < -0.3 is 14.6 Å². The minimum atomic E-state index is -0.794. The van der Waals surface area contributed by atoms with Crippen LogP contribution in [0.25, 0.3) is 0 Å². The third kappa shape index (κ3) is 10.4. The average Bonchev–Trinajstić information content (AvgIpc) is 2.46. The largest absolute Gasteiger partial charge is 0.508 e. The zero-order chi connectivity index (χ0) is 16.1. The Balaban J connectivity index is 4.50. The van der Waals surface area contributed by atoms with Crippen LogP contribution in [0, 0.1) is 0 Å². The van der Waals surface area contributed by atoms with Gasteiger partial charge in [-0.15, -0.1) is 0 Å². The van der Waals surface area contributed by atoms with E-state index in [1.807, 2.05) is 0 Å². The van der Waals surface area contributed by atoms with Crippen molar-refractivity contribution in [2.75, 3.05) is 7.11 Å². The van der Waals surface area contributed by atoms with Crippen molar-refractivity contribution in [2.45, 2.75) is 83.8 Å². The van der Waals surface area contributed by atoms with Gasteiger partial charge in [0.25, 0.3) is 0 Å². The predicted molar refractivity (Wildman–Crippen MR) is 85.3 cm³/mol. The van der Waals surface area contributed by atoms with Crippen molar-refractivity contribution >= 4 is 6.16 Å². The van der Waals surface area contributed by atoms with E-state index in [9.17, 15) is 9.90 Å². The topological polar surface area (TPSA) is 55.8 Å². The number of hydrogen-bond acceptors (Lipinski definition) is 4. The van der Waals surface area contributed by atoms with Gasteiger partial charge in [0.2, 0.25) is 0 Å². The number of carbonyl (C=O) groups excluding carboxylic acids is 1. The van der Waals surface area contributed by atoms with E-state index in [0.717, 1.165) is 51.4 Å². The summed E-state index contributed by atoms with van der Waals surface area (Å²) in [5.74, 6) is 0. The van der Waals surface area contributed by atoms with Gasteiger partial charge in [-0.1, -0.05) is 58.4 Å². The average molecular weight is 300 g/mol. The molecule has 0 radical (unpaired) electrons. The molecule has 0 saturated heterocycles. The number of unbranched alkanes of at least 4 members (excludes halogenated alkanes) is 4. The van der Waals surface area contributed by atoms with E-state index in [2.05, 4.69) is 18.6 Å². The maximum atomic E-state index is 11.0. The number of ether oxygens (including phenoxy) is 2. The minimum absolute atomic E-state index is 0.402. The van der Waals surface area contributed by atoms with Crippen molar-refractivity contribution < 1.29 is 19.4 Å². The molecule has 0 aliphatic heterocycles. The fourth-order valence-electron chi connectivity index (χ4n) is 2.21. The minimum Gasteiger partial charge on any atom is -0.438 e. The molecule has 0 fully saturated rings. The van der Waals surface area contributed by atoms with Crippen LogP contribution in [0.4, 0.5) is 4.79 Å². The summed E-state index contributed by atoms with van der Waals surface area (Å²) < 4.78 is 9.44. The maximum absolute atomic E-state index is 11.0. The first-order valence-corrected chi connectivity index (χ1v) is 8.13. The Kier molecular flexibility index (Phi) is 11.0. The second-order valence-corrected chi connectivity index (χ2v) is 5.65. The van der Waals surface area contributed by atoms with Gasteiger partial charge in [0, 0.05) is 0 Å². The van der Waals surface area contributed by atoms with E-state index in [4.69, 9.17) is 4.74 Å². The van der Waals surface area contributed by atoms with Crippen molar-refractivity contribution in [3.8, 4) is 0 Å². The summed E-state index contributed by atoms with van der Waals surface area (Å²) in [6, 6.07) is 0. The van der Waals surface area contributed by atoms with E-state index >= 15 is 0 Å². The molecule has 0 aromatic rings. The third-order valence-electron chi connectivity index (χ3n) is 3.55. The first kappa shape index (κ1) is 20.0. The fraction of sp³-hybridized carbons (Fsp3) is 0.824. The van der Waals surface area contributed by atoms with Crippen LogP contribution in [0.15, 0.2) is 12.2 Å². The van der Waals surface area contributed by atoms with E-state index < -0.39 is 17.9 Å². The molecule has 0 spiro atoms. The van der Waals surface area contributed by atoms with Crippen molar-refractivity contribution in [1.29, 1.82) is 0 Å². The zero-order valence-electron chi connectivity index (χ0n) is 14.1. The summed E-state index contributed by atoms with van der Waals surface area (Å²) >= 11 is 0. The second-order valence-electron chi connectivity index (χ2n) is 5.65. The van der Waals surface area contributed by atoms with Crippen LogP contribution in [0.3, 0.4) is 0 Å². The van der Waals surface area contributed by atoms with Crippen molar-refractivity contribution in [3.63, 3.8) is 0 Å². The van der Waals surface area contributed by atoms with E-state index in [0.29, 0.717) is 0 Å². The highest BCUT2D eigenvalue weighted by molar-refractivity contribution is 5.59. The van der Waals surface area contributed by atoms with Gasteiger partial charge >= 0.3 is 6.16 Å². The number of methoxy groups -OCH3 is 1. The van der Waals surface area contributed by atoms with Crippen LogP contribution in [-0.2, 0) is 9.47 Å². The predicted octanol–water partition coefficient (Wildman–Crippen LogP) is 4.61. The summed E-state index contributed by atoms with van der Waals surface area (Å²) in [6.07, 6.45) is 10.5. The molecule has 0 amide bonds. The lowest BCUT2D eigenvalue weighted by molar-refractivity contribution is 0.0517. The standard InChI is InChI=1S/C17H32O4/c1-5-7-9-12-17(19,13-10-8-6-2)14-11-15(3)21-16(18)20-4/h11,14-15,19H,5-10,12-13H2,1-4H3/b14-11+/t15-/m0/s1. The molecule has 0 rings (SSSR count). The van der Waals surface area contributed by atoms with Gasteiger partial charge in [0.1, 0.15) is 6.10 Å². The number of rotatable bonds is 11. The Labute approximate surface area is 129 Å². The Hall–Kier alpha value is -1.03. The van der Waals surface area contributed by atoms with Crippen LogP contribution in [0.2, 0.25) is 0 Å². The van der Waals surface area contributed by atoms with Gasteiger partial charge in [-0.25, -0.2) is 4.79 Å². The first-order valence-electron chi connectivity index (χ1n) is 8.13. The number of carbonyl (C=O) groups is 1. The van der Waals surface area contributed by atoms with Gasteiger partial charge in [-0.3, -0.25) is 0 Å².